The van der Waals surface area contributed by atoms with E-state index in [0.29, 0.717) is 0 Å². The molecule has 0 saturated heterocycles. The topological polar surface area (TPSA) is 0 Å². The van der Waals surface area contributed by atoms with Crippen molar-refractivity contribution in [3.05, 3.63) is 130 Å². The molecule has 0 fully saturated rings. The predicted molar refractivity (Wildman–Crippen MR) is 195 cm³/mol. The van der Waals surface area contributed by atoms with E-state index in [4.69, 9.17) is 18.6 Å². The van der Waals surface area contributed by atoms with E-state index in [2.05, 4.69) is 164 Å². The van der Waals surface area contributed by atoms with Crippen molar-refractivity contribution in [3.8, 4) is 22.3 Å². The van der Waals surface area contributed by atoms with Crippen LogP contribution in [0.5, 0.6) is 0 Å². The van der Waals surface area contributed by atoms with Gasteiger partial charge in [0.1, 0.15) is 0 Å². The summed E-state index contributed by atoms with van der Waals surface area (Å²) in [4.78, 5) is 0. The number of fused-ring (bicyclic) bond motifs is 2. The van der Waals surface area contributed by atoms with Crippen LogP contribution in [0.25, 0.3) is 34.4 Å². The molecule has 0 heterocycles. The van der Waals surface area contributed by atoms with Crippen LogP contribution in [0.2, 0.25) is 13.1 Å². The van der Waals surface area contributed by atoms with Crippen molar-refractivity contribution in [1.82, 2.24) is 0 Å². The molecule has 4 heteroatoms. The molecule has 0 bridgehead atoms. The molecular formula is C40H45Cl2SiTi. The summed E-state index contributed by atoms with van der Waals surface area (Å²) >= 11 is -4.64. The van der Waals surface area contributed by atoms with Crippen molar-refractivity contribution in [2.24, 2.45) is 10.8 Å². The minimum atomic E-state index is -4.64. The van der Waals surface area contributed by atoms with Crippen LogP contribution in [0.3, 0.4) is 0 Å². The SMILES string of the molecule is C[SiH](C)[Ti]([Cl])([Cl])([CH]1C(C(C)(C)C)=Cc2c(-c3ccccc3)cccc21)[CH]1C(C(C)(C)C)=Cc2c(-c3ccccc3)cccc21. The summed E-state index contributed by atoms with van der Waals surface area (Å²) in [6.07, 6.45) is 4.95. The summed E-state index contributed by atoms with van der Waals surface area (Å²) in [5.41, 5.74) is 12.9. The van der Waals surface area contributed by atoms with Crippen LogP contribution in [0.1, 0.15) is 72.2 Å². The molecule has 0 amide bonds. The standard InChI is InChI=1S/2C19H19.C2H7Si.2ClH.Ti/c2*1-19(2,3)16-12-15-10-7-11-17(18(15)13-16)14-8-5-4-6-9-14;1-3-2;;;/h2*4-13H,1-3H3;3H,1-2H3;2*1H;/q;;;;;+2/p-2. The molecule has 0 aromatic heterocycles. The van der Waals surface area contributed by atoms with E-state index >= 15 is 0 Å². The molecule has 0 saturated carbocycles. The number of halogens is 2. The Hall–Kier alpha value is -2.13. The van der Waals surface area contributed by atoms with Gasteiger partial charge in [0.15, 0.2) is 0 Å². The van der Waals surface area contributed by atoms with Gasteiger partial charge in [-0.15, -0.1) is 0 Å². The Morgan fingerprint density at radius 3 is 1.20 bits per heavy atom. The van der Waals surface area contributed by atoms with Crippen molar-refractivity contribution in [2.75, 3.05) is 0 Å². The molecule has 0 N–H and O–H groups in total. The van der Waals surface area contributed by atoms with Crippen LogP contribution < -0.4 is 0 Å². The first-order valence-corrected chi connectivity index (χ1v) is 27.7. The fourth-order valence-electron chi connectivity index (χ4n) is 7.86. The summed E-state index contributed by atoms with van der Waals surface area (Å²) in [6, 6.07) is 35.2. The van der Waals surface area contributed by atoms with Gasteiger partial charge < -0.3 is 0 Å². The van der Waals surface area contributed by atoms with Crippen LogP contribution in [0.15, 0.2) is 108 Å². The van der Waals surface area contributed by atoms with Crippen molar-refractivity contribution in [1.29, 1.82) is 0 Å². The number of hydrogen-bond acceptors (Lipinski definition) is 0. The van der Waals surface area contributed by atoms with Gasteiger partial charge >= 0.3 is 276 Å². The van der Waals surface area contributed by atoms with Gasteiger partial charge in [-0.05, 0) is 0 Å². The van der Waals surface area contributed by atoms with Gasteiger partial charge in [0.05, 0.1) is 0 Å². The molecular weight excluding hydrogens is 627 g/mol. The summed E-state index contributed by atoms with van der Waals surface area (Å²) in [5, 5.41) is 0. The Labute approximate surface area is 274 Å². The molecule has 2 aliphatic carbocycles. The number of allylic oxidation sites excluding steroid dienone is 2. The Balaban J connectivity index is 1.67. The molecule has 0 spiro atoms. The average molecular weight is 673 g/mol. The first-order valence-electron chi connectivity index (χ1n) is 16.0. The van der Waals surface area contributed by atoms with Gasteiger partial charge in [-0.2, -0.15) is 0 Å². The molecule has 6 rings (SSSR count). The summed E-state index contributed by atoms with van der Waals surface area (Å²) < 4.78 is 0.0606. The molecule has 0 nitrogen and oxygen atoms in total. The summed E-state index contributed by atoms with van der Waals surface area (Å²) in [5.74, 6) is 0. The molecule has 44 heavy (non-hydrogen) atoms. The van der Waals surface area contributed by atoms with E-state index in [1.807, 2.05) is 0 Å². The molecule has 4 aromatic rings. The second-order valence-electron chi connectivity index (χ2n) is 15.3. The van der Waals surface area contributed by atoms with E-state index in [1.165, 1.54) is 55.7 Å². The second-order valence-corrected chi connectivity index (χ2v) is 44.5. The Morgan fingerprint density at radius 2 is 0.886 bits per heavy atom. The molecule has 0 radical (unpaired) electrons. The third-order valence-electron chi connectivity index (χ3n) is 10.2. The van der Waals surface area contributed by atoms with Gasteiger partial charge in [0.25, 0.3) is 0 Å². The summed E-state index contributed by atoms with van der Waals surface area (Å²) in [6.45, 7) is 17.3. The van der Waals surface area contributed by atoms with Crippen molar-refractivity contribution >= 4 is 37.4 Å². The van der Waals surface area contributed by atoms with Crippen LogP contribution in [0.4, 0.5) is 0 Å². The fraction of sp³-hybridized carbons (Fsp3) is 0.300. The quantitative estimate of drug-likeness (QED) is 0.185. The van der Waals surface area contributed by atoms with Crippen molar-refractivity contribution < 1.29 is 12.4 Å². The molecule has 2 unspecified atom stereocenters. The van der Waals surface area contributed by atoms with E-state index in [-0.39, 0.29) is 19.3 Å². The van der Waals surface area contributed by atoms with E-state index in [9.17, 15) is 0 Å². The van der Waals surface area contributed by atoms with Crippen LogP contribution in [-0.2, 0) is 12.4 Å². The third-order valence-corrected chi connectivity index (χ3v) is 45.3. The van der Waals surface area contributed by atoms with Crippen LogP contribution in [0, 0.1) is 10.8 Å². The molecule has 2 aliphatic rings. The molecule has 2 atom stereocenters. The maximum atomic E-state index is 8.73. The minimum absolute atomic E-state index is 0.0303. The second kappa shape index (κ2) is 11.0. The number of rotatable bonds is 5. The van der Waals surface area contributed by atoms with Crippen LogP contribution in [-0.4, -0.2) is 6.66 Å². The predicted octanol–water partition coefficient (Wildman–Crippen LogP) is 12.7. The molecule has 4 aromatic carbocycles. The third kappa shape index (κ3) is 4.99. The number of hydrogen-bond donors (Lipinski definition) is 0. The first kappa shape index (κ1) is 31.8. The Morgan fingerprint density at radius 1 is 0.523 bits per heavy atom. The monoisotopic (exact) mass is 671 g/mol. The molecule has 227 valence electrons. The van der Waals surface area contributed by atoms with Crippen molar-refractivity contribution in [3.63, 3.8) is 0 Å². The zero-order valence-electron chi connectivity index (χ0n) is 27.4. The van der Waals surface area contributed by atoms with Gasteiger partial charge in [0.2, 0.25) is 0 Å². The summed E-state index contributed by atoms with van der Waals surface area (Å²) in [7, 11) is 17.5. The van der Waals surface area contributed by atoms with Gasteiger partial charge in [-0.3, -0.25) is 0 Å². The van der Waals surface area contributed by atoms with E-state index < -0.39 is 19.1 Å². The zero-order chi connectivity index (χ0) is 31.7. The number of benzene rings is 4. The van der Waals surface area contributed by atoms with E-state index in [0.717, 1.165) is 0 Å². The van der Waals surface area contributed by atoms with Gasteiger partial charge in [0, 0.05) is 0 Å². The van der Waals surface area contributed by atoms with Gasteiger partial charge in [-0.1, -0.05) is 0 Å². The first-order chi connectivity index (χ1) is 20.6. The van der Waals surface area contributed by atoms with Gasteiger partial charge in [-0.25, -0.2) is 0 Å². The average Bonchev–Trinajstić information content (AvgIpc) is 3.59. The fourth-order valence-corrected chi connectivity index (χ4v) is 28.9. The molecule has 0 aliphatic heterocycles. The van der Waals surface area contributed by atoms with E-state index in [1.54, 1.807) is 0 Å². The van der Waals surface area contributed by atoms with Crippen LogP contribution >= 0.6 is 18.6 Å². The zero-order valence-corrected chi connectivity index (χ0v) is 31.6. The Bertz CT molecular complexity index is 1660. The maximum absolute atomic E-state index is 8.73. The van der Waals surface area contributed by atoms with Crippen molar-refractivity contribution in [2.45, 2.75) is 63.1 Å². The normalized spacial score (nSPS) is 19.2. The Kier molecular flexibility index (Phi) is 7.96.